The fourth-order valence-electron chi connectivity index (χ4n) is 4.22. The molecule has 0 saturated heterocycles. The summed E-state index contributed by atoms with van der Waals surface area (Å²) in [5, 5.41) is 9.45. The van der Waals surface area contributed by atoms with Crippen molar-refractivity contribution < 1.29 is 9.53 Å². The van der Waals surface area contributed by atoms with Crippen LogP contribution in [-0.2, 0) is 4.79 Å². The minimum atomic E-state index is -0.694. The van der Waals surface area contributed by atoms with Crippen molar-refractivity contribution in [2.75, 3.05) is 7.11 Å². The van der Waals surface area contributed by atoms with Gasteiger partial charge in [-0.3, -0.25) is 4.79 Å². The molecule has 0 heterocycles. The highest BCUT2D eigenvalue weighted by Gasteiger charge is 2.41. The average molecular weight is 283 g/mol. The van der Waals surface area contributed by atoms with Gasteiger partial charge in [-0.25, -0.2) is 0 Å². The monoisotopic (exact) mass is 283 g/mol. The summed E-state index contributed by atoms with van der Waals surface area (Å²) in [7, 11) is 1.58. The molecule has 2 saturated carbocycles. The normalized spacial score (nSPS) is 28.1. The van der Waals surface area contributed by atoms with Gasteiger partial charge in [0.2, 0.25) is 0 Å². The van der Waals surface area contributed by atoms with Gasteiger partial charge in [-0.15, -0.1) is 0 Å². The Morgan fingerprint density at radius 1 is 1.38 bits per heavy atom. The van der Waals surface area contributed by atoms with Crippen LogP contribution in [0.3, 0.4) is 0 Å². The van der Waals surface area contributed by atoms with Gasteiger partial charge in [-0.05, 0) is 43.1 Å². The summed E-state index contributed by atoms with van der Waals surface area (Å²) in [5.74, 6) is 2.04. The smallest absolute Gasteiger partial charge is 0.154 e. The Hall–Kier alpha value is -1.82. The van der Waals surface area contributed by atoms with E-state index < -0.39 is 5.92 Å². The molecular formula is C18H21NO2. The third-order valence-electron chi connectivity index (χ3n) is 5.25. The van der Waals surface area contributed by atoms with E-state index in [1.807, 2.05) is 24.3 Å². The van der Waals surface area contributed by atoms with E-state index >= 15 is 0 Å². The van der Waals surface area contributed by atoms with E-state index in [0.29, 0.717) is 23.7 Å². The molecule has 2 aliphatic carbocycles. The molecule has 2 fully saturated rings. The van der Waals surface area contributed by atoms with E-state index in [2.05, 4.69) is 6.07 Å². The summed E-state index contributed by atoms with van der Waals surface area (Å²) >= 11 is 0. The van der Waals surface area contributed by atoms with Crippen molar-refractivity contribution in [3.8, 4) is 11.8 Å². The SMILES string of the molecule is COc1ccccc1C(C#N)C(=O)CC1CC2CCC1C2. The second-order valence-corrected chi connectivity index (χ2v) is 6.41. The molecule has 1 aromatic rings. The first kappa shape index (κ1) is 14.1. The maximum Gasteiger partial charge on any atom is 0.154 e. The van der Waals surface area contributed by atoms with Crippen molar-refractivity contribution in [3.05, 3.63) is 29.8 Å². The van der Waals surface area contributed by atoms with Gasteiger partial charge in [0.1, 0.15) is 11.7 Å². The molecule has 0 amide bonds. The van der Waals surface area contributed by atoms with Crippen LogP contribution in [0.4, 0.5) is 0 Å². The molecule has 2 bridgehead atoms. The summed E-state index contributed by atoms with van der Waals surface area (Å²) in [5.41, 5.74) is 0.704. The zero-order chi connectivity index (χ0) is 14.8. The number of nitrogens with zero attached hydrogens (tertiary/aromatic N) is 1. The number of Topliss-reactive ketones (excluding diaryl/α,β-unsaturated/α-hetero) is 1. The molecule has 2 aliphatic rings. The first-order valence-corrected chi connectivity index (χ1v) is 7.78. The van der Waals surface area contributed by atoms with E-state index in [0.717, 1.165) is 11.8 Å². The number of methoxy groups -OCH3 is 1. The predicted octanol–water partition coefficient (Wildman–Crippen LogP) is 3.70. The van der Waals surface area contributed by atoms with Gasteiger partial charge in [0.15, 0.2) is 5.78 Å². The second-order valence-electron chi connectivity index (χ2n) is 6.41. The Bertz CT molecular complexity index is 575. The molecule has 0 radical (unpaired) electrons. The van der Waals surface area contributed by atoms with E-state index in [1.54, 1.807) is 7.11 Å². The molecule has 0 N–H and O–H groups in total. The molecule has 1 aromatic carbocycles. The van der Waals surface area contributed by atoms with Crippen LogP contribution in [0.25, 0.3) is 0 Å². The van der Waals surface area contributed by atoms with Crippen molar-refractivity contribution >= 4 is 5.78 Å². The van der Waals surface area contributed by atoms with Crippen LogP contribution in [0.1, 0.15) is 43.6 Å². The number of hydrogen-bond donors (Lipinski definition) is 0. The Kier molecular flexibility index (Phi) is 3.96. The summed E-state index contributed by atoms with van der Waals surface area (Å²) in [6, 6.07) is 9.53. The van der Waals surface area contributed by atoms with Crippen LogP contribution in [0.15, 0.2) is 24.3 Å². The van der Waals surface area contributed by atoms with E-state index in [9.17, 15) is 10.1 Å². The Labute approximate surface area is 125 Å². The lowest BCUT2D eigenvalue weighted by atomic mass is 9.82. The zero-order valence-electron chi connectivity index (χ0n) is 12.4. The highest BCUT2D eigenvalue weighted by atomic mass is 16.5. The molecular weight excluding hydrogens is 262 g/mol. The number of fused-ring (bicyclic) bond motifs is 2. The van der Waals surface area contributed by atoms with Gasteiger partial charge >= 0.3 is 0 Å². The quantitative estimate of drug-likeness (QED) is 0.828. The van der Waals surface area contributed by atoms with Crippen LogP contribution >= 0.6 is 0 Å². The van der Waals surface area contributed by atoms with Gasteiger partial charge < -0.3 is 4.74 Å². The number of para-hydroxylation sites is 1. The maximum atomic E-state index is 12.6. The molecule has 0 aromatic heterocycles. The van der Waals surface area contributed by atoms with Crippen LogP contribution in [0.5, 0.6) is 5.75 Å². The highest BCUT2D eigenvalue weighted by Crippen LogP contribution is 2.50. The third-order valence-corrected chi connectivity index (χ3v) is 5.25. The lowest BCUT2D eigenvalue weighted by Crippen LogP contribution is -2.19. The van der Waals surface area contributed by atoms with Gasteiger partial charge in [0.05, 0.1) is 13.2 Å². The van der Waals surface area contributed by atoms with E-state index in [4.69, 9.17) is 4.74 Å². The number of rotatable bonds is 5. The lowest BCUT2D eigenvalue weighted by Gasteiger charge is -2.22. The molecule has 21 heavy (non-hydrogen) atoms. The number of ketones is 1. The second kappa shape index (κ2) is 5.89. The molecule has 4 atom stereocenters. The summed E-state index contributed by atoms with van der Waals surface area (Å²) < 4.78 is 5.29. The minimum Gasteiger partial charge on any atom is -0.496 e. The molecule has 0 aliphatic heterocycles. The number of ether oxygens (including phenoxy) is 1. The summed E-state index contributed by atoms with van der Waals surface area (Å²) in [6.45, 7) is 0. The summed E-state index contributed by atoms with van der Waals surface area (Å²) in [6.07, 6.45) is 5.64. The van der Waals surface area contributed by atoms with Crippen molar-refractivity contribution in [3.63, 3.8) is 0 Å². The molecule has 3 heteroatoms. The van der Waals surface area contributed by atoms with Crippen molar-refractivity contribution in [2.24, 2.45) is 17.8 Å². The average Bonchev–Trinajstić information content (AvgIpc) is 3.11. The summed E-state index contributed by atoms with van der Waals surface area (Å²) in [4.78, 5) is 12.6. The van der Waals surface area contributed by atoms with Crippen LogP contribution in [0, 0.1) is 29.1 Å². The number of carbonyl (C=O) groups excluding carboxylic acids is 1. The van der Waals surface area contributed by atoms with E-state index in [1.165, 1.54) is 25.7 Å². The Balaban J connectivity index is 1.74. The molecule has 0 spiro atoms. The van der Waals surface area contributed by atoms with Gasteiger partial charge in [-0.2, -0.15) is 5.26 Å². The van der Waals surface area contributed by atoms with Crippen molar-refractivity contribution in [2.45, 2.75) is 38.0 Å². The largest absolute Gasteiger partial charge is 0.496 e. The fourth-order valence-corrected chi connectivity index (χ4v) is 4.22. The topological polar surface area (TPSA) is 50.1 Å². The number of nitriles is 1. The van der Waals surface area contributed by atoms with Gasteiger partial charge in [-0.1, -0.05) is 24.6 Å². The van der Waals surface area contributed by atoms with Crippen LogP contribution < -0.4 is 4.74 Å². The predicted molar refractivity (Wildman–Crippen MR) is 79.9 cm³/mol. The lowest BCUT2D eigenvalue weighted by molar-refractivity contribution is -0.120. The van der Waals surface area contributed by atoms with Crippen molar-refractivity contribution in [1.29, 1.82) is 5.26 Å². The standard InChI is InChI=1S/C18H21NO2/c1-21-18-5-3-2-4-15(18)16(11-19)17(20)10-14-9-12-6-7-13(14)8-12/h2-5,12-14,16H,6-10H2,1H3. The minimum absolute atomic E-state index is 0.0551. The van der Waals surface area contributed by atoms with Crippen LogP contribution in [-0.4, -0.2) is 12.9 Å². The first-order valence-electron chi connectivity index (χ1n) is 7.78. The third kappa shape index (κ3) is 2.68. The van der Waals surface area contributed by atoms with Gasteiger partial charge in [0, 0.05) is 12.0 Å². The number of benzene rings is 1. The molecule has 4 unspecified atom stereocenters. The molecule has 3 nitrogen and oxygen atoms in total. The Morgan fingerprint density at radius 2 is 2.19 bits per heavy atom. The fraction of sp³-hybridized carbons (Fsp3) is 0.556. The number of carbonyl (C=O) groups is 1. The maximum absolute atomic E-state index is 12.6. The molecule has 110 valence electrons. The number of hydrogen-bond acceptors (Lipinski definition) is 3. The first-order chi connectivity index (χ1) is 10.2. The molecule has 3 rings (SSSR count). The highest BCUT2D eigenvalue weighted by molar-refractivity contribution is 5.89. The van der Waals surface area contributed by atoms with Gasteiger partial charge in [0.25, 0.3) is 0 Å². The Morgan fingerprint density at radius 3 is 2.81 bits per heavy atom. The zero-order valence-corrected chi connectivity index (χ0v) is 12.4. The van der Waals surface area contributed by atoms with E-state index in [-0.39, 0.29) is 5.78 Å². The van der Waals surface area contributed by atoms with Crippen LogP contribution in [0.2, 0.25) is 0 Å². The van der Waals surface area contributed by atoms with Crippen molar-refractivity contribution in [1.82, 2.24) is 0 Å².